The summed E-state index contributed by atoms with van der Waals surface area (Å²) in [4.78, 5) is 30.2. The van der Waals surface area contributed by atoms with Gasteiger partial charge in [0.2, 0.25) is 5.91 Å². The molecule has 2 aromatic rings. The topological polar surface area (TPSA) is 85.1 Å². The van der Waals surface area contributed by atoms with Gasteiger partial charge in [0.05, 0.1) is 19.3 Å². The van der Waals surface area contributed by atoms with E-state index in [-0.39, 0.29) is 17.1 Å². The van der Waals surface area contributed by atoms with Gasteiger partial charge in [-0.3, -0.25) is 9.69 Å². The lowest BCUT2D eigenvalue weighted by molar-refractivity contribution is -0.114. The quantitative estimate of drug-likeness (QED) is 0.379. The minimum Gasteiger partial charge on any atom is -0.497 e. The molecule has 0 radical (unpaired) electrons. The largest absolute Gasteiger partial charge is 0.497 e. The molecular formula is C28H35N3O4S. The summed E-state index contributed by atoms with van der Waals surface area (Å²) in [5.74, 6) is 0.162. The lowest BCUT2D eigenvalue weighted by atomic mass is 10.0. The highest BCUT2D eigenvalue weighted by molar-refractivity contribution is 8.00. The molecule has 0 spiro atoms. The van der Waals surface area contributed by atoms with Crippen LogP contribution in [0.25, 0.3) is 6.08 Å². The number of primary amides is 1. The number of anilines is 1. The van der Waals surface area contributed by atoms with Crippen molar-refractivity contribution < 1.29 is 19.1 Å². The molecule has 0 aliphatic carbocycles. The van der Waals surface area contributed by atoms with Gasteiger partial charge in [-0.1, -0.05) is 12.5 Å². The van der Waals surface area contributed by atoms with E-state index in [0.29, 0.717) is 17.7 Å². The fraction of sp³-hybridized carbons (Fsp3) is 0.429. The maximum absolute atomic E-state index is 12.1. The molecule has 1 saturated heterocycles. The zero-order valence-corrected chi connectivity index (χ0v) is 21.9. The van der Waals surface area contributed by atoms with E-state index in [9.17, 15) is 9.59 Å². The predicted octanol–water partition coefficient (Wildman–Crippen LogP) is 4.21. The zero-order chi connectivity index (χ0) is 25.5. The first-order chi connectivity index (χ1) is 17.5. The Bertz CT molecular complexity index is 1110. The average molecular weight is 510 g/mol. The maximum Gasteiger partial charge on any atom is 0.338 e. The van der Waals surface area contributed by atoms with E-state index < -0.39 is 0 Å². The summed E-state index contributed by atoms with van der Waals surface area (Å²) in [5, 5.41) is 0.0897. The molecule has 8 heteroatoms. The van der Waals surface area contributed by atoms with Crippen LogP contribution < -0.4 is 15.4 Å². The highest BCUT2D eigenvalue weighted by Crippen LogP contribution is 2.40. The van der Waals surface area contributed by atoms with Gasteiger partial charge in [0.25, 0.3) is 0 Å². The van der Waals surface area contributed by atoms with Gasteiger partial charge in [0.15, 0.2) is 0 Å². The number of ether oxygens (including phenoxy) is 2. The molecule has 2 aromatic carbocycles. The molecule has 0 bridgehead atoms. The van der Waals surface area contributed by atoms with E-state index in [1.165, 1.54) is 0 Å². The molecule has 1 unspecified atom stereocenters. The first kappa shape index (κ1) is 26.1. The van der Waals surface area contributed by atoms with E-state index in [2.05, 4.69) is 21.9 Å². The second-order valence-electron chi connectivity index (χ2n) is 9.07. The molecular weight excluding hydrogens is 474 g/mol. The minimum absolute atomic E-state index is 0.0897. The van der Waals surface area contributed by atoms with E-state index in [0.717, 1.165) is 73.9 Å². The number of rotatable bonds is 10. The second-order valence-corrected chi connectivity index (χ2v) is 10.3. The molecule has 7 nitrogen and oxygen atoms in total. The van der Waals surface area contributed by atoms with Crippen molar-refractivity contribution in [1.29, 1.82) is 0 Å². The highest BCUT2D eigenvalue weighted by Gasteiger charge is 2.26. The van der Waals surface area contributed by atoms with Crippen LogP contribution in [0.15, 0.2) is 52.9 Å². The molecule has 1 atom stereocenters. The van der Waals surface area contributed by atoms with Crippen LogP contribution in [0.3, 0.4) is 0 Å². The summed E-state index contributed by atoms with van der Waals surface area (Å²) in [6.45, 7) is 7.08. The molecule has 0 aromatic heterocycles. The molecule has 2 aliphatic heterocycles. The summed E-state index contributed by atoms with van der Waals surface area (Å²) in [6.07, 6.45) is 4.97. The van der Waals surface area contributed by atoms with Gasteiger partial charge in [-0.25, -0.2) is 4.79 Å². The van der Waals surface area contributed by atoms with Crippen molar-refractivity contribution in [2.24, 2.45) is 5.73 Å². The van der Waals surface area contributed by atoms with Gasteiger partial charge < -0.3 is 20.1 Å². The third-order valence-electron chi connectivity index (χ3n) is 6.71. The normalized spacial score (nSPS) is 17.8. The van der Waals surface area contributed by atoms with E-state index in [1.54, 1.807) is 24.9 Å². The Morgan fingerprint density at radius 3 is 2.61 bits per heavy atom. The third-order valence-corrected chi connectivity index (χ3v) is 8.11. The molecule has 2 aliphatic rings. The maximum atomic E-state index is 12.1. The molecule has 4 rings (SSSR count). The van der Waals surface area contributed by atoms with Crippen molar-refractivity contribution in [3.8, 4) is 5.75 Å². The molecule has 36 heavy (non-hydrogen) atoms. The van der Waals surface area contributed by atoms with Crippen molar-refractivity contribution in [3.63, 3.8) is 0 Å². The SMILES string of the molecule is CCOC(=O)c1cccc(N2CCN(CCCCC3Sc4ccc(OC)cc4C=C3C(N)=O)CC2)c1. The summed E-state index contributed by atoms with van der Waals surface area (Å²) in [6, 6.07) is 13.7. The number of benzene rings is 2. The first-order valence-corrected chi connectivity index (χ1v) is 13.5. The number of hydrogen-bond donors (Lipinski definition) is 1. The van der Waals surface area contributed by atoms with Crippen LogP contribution in [0.2, 0.25) is 0 Å². The zero-order valence-electron chi connectivity index (χ0n) is 21.1. The molecule has 1 amide bonds. The lowest BCUT2D eigenvalue weighted by Gasteiger charge is -2.36. The van der Waals surface area contributed by atoms with Crippen molar-refractivity contribution >= 4 is 35.4 Å². The van der Waals surface area contributed by atoms with Gasteiger partial charge in [-0.15, -0.1) is 11.8 Å². The number of carbonyl (C=O) groups is 2. The van der Waals surface area contributed by atoms with Gasteiger partial charge in [0, 0.05) is 47.6 Å². The Kier molecular flexibility index (Phi) is 8.93. The summed E-state index contributed by atoms with van der Waals surface area (Å²) in [5.41, 5.74) is 9.08. The van der Waals surface area contributed by atoms with E-state index in [4.69, 9.17) is 15.2 Å². The Balaban J connectivity index is 1.23. The van der Waals surface area contributed by atoms with Crippen molar-refractivity contribution in [2.45, 2.75) is 36.3 Å². The van der Waals surface area contributed by atoms with Gasteiger partial charge in [-0.2, -0.15) is 0 Å². The van der Waals surface area contributed by atoms with Crippen LogP contribution in [-0.2, 0) is 9.53 Å². The smallest absolute Gasteiger partial charge is 0.338 e. The first-order valence-electron chi connectivity index (χ1n) is 12.6. The van der Waals surface area contributed by atoms with Gasteiger partial charge in [0.1, 0.15) is 5.75 Å². The number of amides is 1. The Morgan fingerprint density at radius 2 is 1.89 bits per heavy atom. The van der Waals surface area contributed by atoms with Crippen LogP contribution in [0.4, 0.5) is 5.69 Å². The number of piperazine rings is 1. The number of methoxy groups -OCH3 is 1. The van der Waals surface area contributed by atoms with Crippen LogP contribution in [-0.4, -0.2) is 68.5 Å². The van der Waals surface area contributed by atoms with Gasteiger partial charge >= 0.3 is 5.97 Å². The summed E-state index contributed by atoms with van der Waals surface area (Å²) >= 11 is 1.72. The van der Waals surface area contributed by atoms with Crippen molar-refractivity contribution in [3.05, 3.63) is 59.2 Å². The number of nitrogens with zero attached hydrogens (tertiary/aromatic N) is 2. The van der Waals surface area contributed by atoms with Crippen LogP contribution in [0, 0.1) is 0 Å². The molecule has 0 saturated carbocycles. The third kappa shape index (κ3) is 6.42. The van der Waals surface area contributed by atoms with Crippen LogP contribution in [0.1, 0.15) is 42.1 Å². The molecule has 2 N–H and O–H groups in total. The standard InChI is InChI=1S/C28H35N3O4S/c1-3-35-28(33)20-7-6-8-22(17-20)31-15-13-30(14-16-31)12-5-4-9-26-24(27(29)32)19-21-18-23(34-2)10-11-25(21)36-26/h6-8,10-11,17-19,26H,3-5,9,12-16H2,1-2H3,(H2,29,32). The Hall–Kier alpha value is -2.97. The number of carbonyl (C=O) groups excluding carboxylic acids is 2. The number of unbranched alkanes of at least 4 members (excludes halogenated alkanes) is 1. The van der Waals surface area contributed by atoms with Crippen LogP contribution in [0.5, 0.6) is 5.75 Å². The minimum atomic E-state index is -0.343. The Labute approximate surface area is 217 Å². The fourth-order valence-electron chi connectivity index (χ4n) is 4.73. The number of hydrogen-bond acceptors (Lipinski definition) is 7. The Morgan fingerprint density at radius 1 is 1.08 bits per heavy atom. The predicted molar refractivity (Wildman–Crippen MR) is 145 cm³/mol. The van der Waals surface area contributed by atoms with E-state index >= 15 is 0 Å². The lowest BCUT2D eigenvalue weighted by Crippen LogP contribution is -2.46. The number of nitrogens with two attached hydrogens (primary N) is 1. The van der Waals surface area contributed by atoms with Crippen LogP contribution >= 0.6 is 11.8 Å². The highest BCUT2D eigenvalue weighted by atomic mass is 32.2. The average Bonchev–Trinajstić information content (AvgIpc) is 2.90. The van der Waals surface area contributed by atoms with Crippen molar-refractivity contribution in [1.82, 2.24) is 4.90 Å². The monoisotopic (exact) mass is 509 g/mol. The number of fused-ring (bicyclic) bond motifs is 1. The van der Waals surface area contributed by atoms with Crippen molar-refractivity contribution in [2.75, 3.05) is 51.3 Å². The summed E-state index contributed by atoms with van der Waals surface area (Å²) < 4.78 is 10.4. The number of esters is 1. The summed E-state index contributed by atoms with van der Waals surface area (Å²) in [7, 11) is 1.64. The molecule has 2 heterocycles. The second kappa shape index (κ2) is 12.3. The molecule has 192 valence electrons. The number of thioether (sulfide) groups is 1. The molecule has 1 fully saturated rings. The van der Waals surface area contributed by atoms with Gasteiger partial charge in [-0.05, 0) is 74.3 Å². The fourth-order valence-corrected chi connectivity index (χ4v) is 6.04. The van der Waals surface area contributed by atoms with E-state index in [1.807, 2.05) is 37.3 Å².